The van der Waals surface area contributed by atoms with Crippen LogP contribution in [0.1, 0.15) is 49.4 Å². The minimum absolute atomic E-state index is 0.0117. The summed E-state index contributed by atoms with van der Waals surface area (Å²) >= 11 is 0. The molecule has 2 aliphatic carbocycles. The SMILES string of the molecule is CCC#CC(=O)N1CC(Cn2c(-c3cc4cccnc4n3CC3CC3)nc3cc(C(=O)N4CC5CCC4[C@@H]5N)cc(OC)c32)C1. The molecule has 2 unspecified atom stereocenters. The van der Waals surface area contributed by atoms with Crippen LogP contribution in [0.15, 0.2) is 36.5 Å². The van der Waals surface area contributed by atoms with Gasteiger partial charge in [0.2, 0.25) is 0 Å². The van der Waals surface area contributed by atoms with Crippen molar-refractivity contribution in [2.45, 2.75) is 64.2 Å². The predicted octanol–water partition coefficient (Wildman–Crippen LogP) is 3.91. The zero-order valence-corrected chi connectivity index (χ0v) is 25.9. The lowest BCUT2D eigenvalue weighted by molar-refractivity contribution is -0.131. The second-order valence-electron chi connectivity index (χ2n) is 13.3. The zero-order chi connectivity index (χ0) is 30.8. The Morgan fingerprint density at radius 2 is 1.87 bits per heavy atom. The Bertz CT molecular complexity index is 1890. The lowest BCUT2D eigenvalue weighted by Gasteiger charge is -2.38. The number of pyridine rings is 1. The van der Waals surface area contributed by atoms with E-state index in [0.29, 0.717) is 55.7 Å². The van der Waals surface area contributed by atoms with Gasteiger partial charge in [-0.05, 0) is 73.8 Å². The molecule has 2 bridgehead atoms. The van der Waals surface area contributed by atoms with Crippen LogP contribution in [0.25, 0.3) is 33.6 Å². The molecule has 3 atom stereocenters. The fourth-order valence-electron chi connectivity index (χ4n) is 7.70. The monoisotopic (exact) mass is 605 g/mol. The third kappa shape index (κ3) is 4.76. The Morgan fingerprint density at radius 3 is 2.58 bits per heavy atom. The first-order chi connectivity index (χ1) is 21.9. The molecule has 2 saturated carbocycles. The lowest BCUT2D eigenvalue weighted by Crippen LogP contribution is -2.51. The van der Waals surface area contributed by atoms with Crippen molar-refractivity contribution < 1.29 is 14.3 Å². The fraction of sp³-hybridized carbons (Fsp3) is 0.486. The number of rotatable bonds is 7. The summed E-state index contributed by atoms with van der Waals surface area (Å²) in [5, 5.41) is 1.07. The molecule has 3 aromatic heterocycles. The van der Waals surface area contributed by atoms with Crippen LogP contribution in [0, 0.1) is 29.6 Å². The average molecular weight is 606 g/mol. The molecule has 1 aromatic carbocycles. The van der Waals surface area contributed by atoms with Crippen LogP contribution in [-0.4, -0.2) is 79.5 Å². The van der Waals surface area contributed by atoms with Crippen molar-refractivity contribution in [2.75, 3.05) is 26.7 Å². The number of likely N-dealkylation sites (tertiary alicyclic amines) is 2. The summed E-state index contributed by atoms with van der Waals surface area (Å²) < 4.78 is 10.5. The van der Waals surface area contributed by atoms with Gasteiger partial charge in [0.15, 0.2) is 5.82 Å². The molecular formula is C35H39N7O3. The van der Waals surface area contributed by atoms with Crippen LogP contribution in [0.2, 0.25) is 0 Å². The van der Waals surface area contributed by atoms with Crippen molar-refractivity contribution in [1.82, 2.24) is 28.9 Å². The van der Waals surface area contributed by atoms with Gasteiger partial charge in [-0.1, -0.05) is 12.8 Å². The summed E-state index contributed by atoms with van der Waals surface area (Å²) in [4.78, 5) is 40.2. The number of amides is 2. The number of carbonyl (C=O) groups is 2. The van der Waals surface area contributed by atoms with E-state index in [9.17, 15) is 9.59 Å². The molecule has 2 aliphatic heterocycles. The highest BCUT2D eigenvalue weighted by molar-refractivity contribution is 6.00. The zero-order valence-electron chi connectivity index (χ0n) is 25.9. The summed E-state index contributed by atoms with van der Waals surface area (Å²) in [7, 11) is 1.65. The van der Waals surface area contributed by atoms with Gasteiger partial charge in [0, 0.05) is 74.3 Å². The highest BCUT2D eigenvalue weighted by atomic mass is 16.5. The molecule has 2 amide bonds. The maximum absolute atomic E-state index is 13.9. The lowest BCUT2D eigenvalue weighted by atomic mass is 9.99. The molecule has 0 radical (unpaired) electrons. The van der Waals surface area contributed by atoms with Crippen molar-refractivity contribution in [3.63, 3.8) is 0 Å². The quantitative estimate of drug-likeness (QED) is 0.320. The van der Waals surface area contributed by atoms with Gasteiger partial charge in [-0.3, -0.25) is 9.59 Å². The Hall–Kier alpha value is -4.36. The Balaban J connectivity index is 1.22. The van der Waals surface area contributed by atoms with Crippen LogP contribution in [0.4, 0.5) is 0 Å². The van der Waals surface area contributed by atoms with Crippen molar-refractivity contribution in [3.05, 3.63) is 42.1 Å². The molecule has 8 rings (SSSR count). The number of benzene rings is 1. The number of ether oxygens (including phenoxy) is 1. The van der Waals surface area contributed by atoms with Crippen molar-refractivity contribution in [1.29, 1.82) is 0 Å². The van der Waals surface area contributed by atoms with E-state index in [4.69, 9.17) is 20.4 Å². The second-order valence-corrected chi connectivity index (χ2v) is 13.3. The molecular weight excluding hydrogens is 566 g/mol. The average Bonchev–Trinajstić information content (AvgIpc) is 3.39. The van der Waals surface area contributed by atoms with Crippen LogP contribution in [0.5, 0.6) is 5.75 Å². The van der Waals surface area contributed by atoms with Gasteiger partial charge in [0.25, 0.3) is 11.8 Å². The first kappa shape index (κ1) is 28.1. The van der Waals surface area contributed by atoms with E-state index in [1.54, 1.807) is 7.11 Å². The molecule has 0 spiro atoms. The number of hydrogen-bond donors (Lipinski definition) is 1. The molecule has 4 aliphatic rings. The van der Waals surface area contributed by atoms with Crippen molar-refractivity contribution >= 4 is 33.9 Å². The number of piperidine rings is 1. The van der Waals surface area contributed by atoms with E-state index in [2.05, 4.69) is 33.1 Å². The minimum atomic E-state index is -0.115. The van der Waals surface area contributed by atoms with Crippen LogP contribution >= 0.6 is 0 Å². The van der Waals surface area contributed by atoms with Gasteiger partial charge in [0.1, 0.15) is 16.9 Å². The predicted molar refractivity (Wildman–Crippen MR) is 171 cm³/mol. The van der Waals surface area contributed by atoms with Crippen LogP contribution in [-0.2, 0) is 17.9 Å². The normalized spacial score (nSPS) is 22.6. The Morgan fingerprint density at radius 1 is 1.04 bits per heavy atom. The number of carbonyl (C=O) groups excluding carboxylic acids is 2. The Labute approximate surface area is 262 Å². The first-order valence-electron chi connectivity index (χ1n) is 16.3. The molecule has 2 N–H and O–H groups in total. The highest BCUT2D eigenvalue weighted by Gasteiger charge is 2.47. The summed E-state index contributed by atoms with van der Waals surface area (Å²) in [6, 6.07) is 10.2. The van der Waals surface area contributed by atoms with E-state index in [-0.39, 0.29) is 29.8 Å². The summed E-state index contributed by atoms with van der Waals surface area (Å²) in [6.45, 7) is 5.47. The van der Waals surface area contributed by atoms with Gasteiger partial charge in [-0.2, -0.15) is 0 Å². The maximum atomic E-state index is 13.9. The summed E-state index contributed by atoms with van der Waals surface area (Å²) in [6.07, 6.45) is 6.99. The highest BCUT2D eigenvalue weighted by Crippen LogP contribution is 2.41. The number of imidazole rings is 1. The van der Waals surface area contributed by atoms with Gasteiger partial charge in [-0.15, -0.1) is 0 Å². The molecule has 232 valence electrons. The van der Waals surface area contributed by atoms with E-state index in [1.165, 1.54) is 12.8 Å². The largest absolute Gasteiger partial charge is 0.494 e. The molecule has 45 heavy (non-hydrogen) atoms. The second kappa shape index (κ2) is 10.9. The van der Waals surface area contributed by atoms with E-state index >= 15 is 0 Å². The minimum Gasteiger partial charge on any atom is -0.494 e. The number of nitrogens with zero attached hydrogens (tertiary/aromatic N) is 6. The van der Waals surface area contributed by atoms with Crippen LogP contribution in [0.3, 0.4) is 0 Å². The number of nitrogens with two attached hydrogens (primary N) is 1. The van der Waals surface area contributed by atoms with E-state index in [0.717, 1.165) is 53.0 Å². The summed E-state index contributed by atoms with van der Waals surface area (Å²) in [5.74, 6) is 8.19. The summed E-state index contributed by atoms with van der Waals surface area (Å²) in [5.41, 5.74) is 10.6. The van der Waals surface area contributed by atoms with E-state index < -0.39 is 0 Å². The number of aromatic nitrogens is 4. The molecule has 4 aromatic rings. The number of fused-ring (bicyclic) bond motifs is 4. The van der Waals surface area contributed by atoms with Gasteiger partial charge < -0.3 is 29.4 Å². The molecule has 10 heteroatoms. The topological polar surface area (TPSA) is 112 Å². The first-order valence-corrected chi connectivity index (χ1v) is 16.3. The van der Waals surface area contributed by atoms with Gasteiger partial charge in [-0.25, -0.2) is 9.97 Å². The smallest absolute Gasteiger partial charge is 0.298 e. The third-order valence-electron chi connectivity index (χ3n) is 10.3. The maximum Gasteiger partial charge on any atom is 0.298 e. The standard InChI is InChI=1S/C35H39N7O3/c1-3-4-7-30(43)39-16-22(17-39)19-42-32-26(13-25(15-29(32)45-2)35(44)41-20-24-10-11-27(41)31(24)36)38-34(42)28-14-23-6-5-12-37-33(23)40(28)18-21-8-9-21/h5-6,12-15,21-22,24,27,31H,3,8-11,16-20,36H2,1-2H3/t24?,27?,31-/m1/s1. The Kier molecular flexibility index (Phi) is 6.82. The van der Waals surface area contributed by atoms with E-state index in [1.807, 2.05) is 41.1 Å². The molecule has 5 heterocycles. The molecule has 2 saturated heterocycles. The van der Waals surface area contributed by atoms with Gasteiger partial charge in [0.05, 0.1) is 18.3 Å². The van der Waals surface area contributed by atoms with Crippen LogP contribution < -0.4 is 10.5 Å². The third-order valence-corrected chi connectivity index (χ3v) is 10.3. The fourth-order valence-corrected chi connectivity index (χ4v) is 7.70. The van der Waals surface area contributed by atoms with Gasteiger partial charge >= 0.3 is 0 Å². The molecule has 4 fully saturated rings. The number of methoxy groups -OCH3 is 1. The number of hydrogen-bond acceptors (Lipinski definition) is 6. The molecule has 10 nitrogen and oxygen atoms in total. The van der Waals surface area contributed by atoms with Crippen molar-refractivity contribution in [3.8, 4) is 29.1 Å². The van der Waals surface area contributed by atoms with Crippen molar-refractivity contribution in [2.24, 2.45) is 23.5 Å².